The number of Topliss-reactive ketones (excluding diaryl/α,β-unsaturated/α-hetero) is 1. The third-order valence-electron chi connectivity index (χ3n) is 5.41. The molecule has 0 spiro atoms. The Kier molecular flexibility index (Phi) is 6.20. The van der Waals surface area contributed by atoms with Crippen molar-refractivity contribution < 1.29 is 28.6 Å². The molecule has 6 nitrogen and oxygen atoms in total. The van der Waals surface area contributed by atoms with Crippen molar-refractivity contribution in [2.45, 2.75) is 6.04 Å². The normalized spacial score (nSPS) is 17.3. The highest BCUT2D eigenvalue weighted by Crippen LogP contribution is 2.45. The zero-order valence-corrected chi connectivity index (χ0v) is 19.3. The summed E-state index contributed by atoms with van der Waals surface area (Å²) in [5.41, 5.74) is 1.02. The van der Waals surface area contributed by atoms with Crippen molar-refractivity contribution in [3.63, 3.8) is 0 Å². The molecule has 1 N–H and O–H groups in total. The number of carbonyl (C=O) groups is 2. The van der Waals surface area contributed by atoms with E-state index < -0.39 is 23.5 Å². The number of ketones is 1. The van der Waals surface area contributed by atoms with Gasteiger partial charge in [0.05, 0.1) is 30.3 Å². The molecule has 1 heterocycles. The largest absolute Gasteiger partial charge is 0.507 e. The van der Waals surface area contributed by atoms with Crippen molar-refractivity contribution in [1.82, 2.24) is 0 Å². The predicted octanol–water partition coefficient (Wildman–Crippen LogP) is 5.23. The molecule has 0 bridgehead atoms. The second-order valence-electron chi connectivity index (χ2n) is 7.24. The number of para-hydroxylation sites is 1. The van der Waals surface area contributed by atoms with E-state index in [0.717, 1.165) is 0 Å². The summed E-state index contributed by atoms with van der Waals surface area (Å²) in [6.45, 7) is 0. The number of nitrogens with zero attached hydrogens (tertiary/aromatic N) is 1. The lowest BCUT2D eigenvalue weighted by molar-refractivity contribution is -0.132. The molecule has 1 unspecified atom stereocenters. The fourth-order valence-electron chi connectivity index (χ4n) is 3.86. The van der Waals surface area contributed by atoms with E-state index in [9.17, 15) is 19.1 Å². The Labute approximate surface area is 198 Å². The monoisotopic (exact) mass is 511 g/mol. The molecule has 3 aromatic rings. The molecule has 0 aromatic heterocycles. The molecule has 1 fully saturated rings. The zero-order chi connectivity index (χ0) is 23.7. The Morgan fingerprint density at radius 2 is 1.64 bits per heavy atom. The number of benzene rings is 3. The van der Waals surface area contributed by atoms with E-state index in [0.29, 0.717) is 32.8 Å². The van der Waals surface area contributed by atoms with Crippen molar-refractivity contribution in [2.24, 2.45) is 0 Å². The Morgan fingerprint density at radius 3 is 2.27 bits per heavy atom. The summed E-state index contributed by atoms with van der Waals surface area (Å²) in [7, 11) is 2.99. The molecule has 1 atom stereocenters. The number of rotatable bonds is 5. The van der Waals surface area contributed by atoms with Crippen LogP contribution in [0.15, 0.2) is 76.8 Å². The maximum absolute atomic E-state index is 13.6. The van der Waals surface area contributed by atoms with Gasteiger partial charge in [-0.3, -0.25) is 14.5 Å². The quantitative estimate of drug-likeness (QED) is 0.288. The molecular formula is C25H19BrFNO5. The highest BCUT2D eigenvalue weighted by molar-refractivity contribution is 9.10. The van der Waals surface area contributed by atoms with Crippen LogP contribution < -0.4 is 14.4 Å². The number of aliphatic hydroxyl groups is 1. The molecule has 4 rings (SSSR count). The number of hydrogen-bond donors (Lipinski definition) is 1. The van der Waals surface area contributed by atoms with Crippen LogP contribution in [0.2, 0.25) is 0 Å². The maximum atomic E-state index is 13.6. The second kappa shape index (κ2) is 9.07. The van der Waals surface area contributed by atoms with Gasteiger partial charge in [0.1, 0.15) is 23.1 Å². The maximum Gasteiger partial charge on any atom is 0.300 e. The number of hydrogen-bond acceptors (Lipinski definition) is 5. The van der Waals surface area contributed by atoms with Crippen LogP contribution >= 0.6 is 15.9 Å². The first kappa shape index (κ1) is 22.5. The van der Waals surface area contributed by atoms with Gasteiger partial charge in [0.25, 0.3) is 11.7 Å². The van der Waals surface area contributed by atoms with Gasteiger partial charge in [0.15, 0.2) is 0 Å². The molecule has 3 aromatic carbocycles. The summed E-state index contributed by atoms with van der Waals surface area (Å²) >= 11 is 3.37. The number of methoxy groups -OCH3 is 2. The summed E-state index contributed by atoms with van der Waals surface area (Å²) in [5.74, 6) is -1.56. The molecule has 1 saturated heterocycles. The molecule has 0 saturated carbocycles. The second-order valence-corrected chi connectivity index (χ2v) is 8.09. The topological polar surface area (TPSA) is 76.1 Å². The van der Waals surface area contributed by atoms with Crippen LogP contribution in [0.5, 0.6) is 11.5 Å². The van der Waals surface area contributed by atoms with Gasteiger partial charge >= 0.3 is 0 Å². The number of carbonyl (C=O) groups excluding carboxylic acids is 2. The van der Waals surface area contributed by atoms with Crippen molar-refractivity contribution in [1.29, 1.82) is 0 Å². The predicted molar refractivity (Wildman–Crippen MR) is 125 cm³/mol. The third-order valence-corrected chi connectivity index (χ3v) is 6.03. The van der Waals surface area contributed by atoms with Crippen LogP contribution in [-0.2, 0) is 9.59 Å². The van der Waals surface area contributed by atoms with E-state index >= 15 is 0 Å². The SMILES string of the molecule is COc1ccc(/C(O)=C2\C(=O)C(=O)N(c3ccc(F)cc3)C2c2ccccc2OC)cc1Br. The van der Waals surface area contributed by atoms with E-state index in [-0.39, 0.29) is 11.3 Å². The average Bonchev–Trinajstić information content (AvgIpc) is 3.09. The zero-order valence-electron chi connectivity index (χ0n) is 17.7. The number of anilines is 1. The third kappa shape index (κ3) is 3.98. The fourth-order valence-corrected chi connectivity index (χ4v) is 4.40. The molecule has 1 aliphatic rings. The minimum atomic E-state index is -0.993. The molecule has 0 radical (unpaired) electrons. The van der Waals surface area contributed by atoms with Crippen LogP contribution in [0.3, 0.4) is 0 Å². The standard InChI is InChI=1S/C25H19BrFNO5/c1-32-19-6-4-3-5-17(19)22-21(23(29)14-7-12-20(33-2)18(26)13-14)24(30)25(31)28(22)16-10-8-15(27)9-11-16/h3-13,22,29H,1-2H3/b23-21+. The van der Waals surface area contributed by atoms with Gasteiger partial charge in [-0.1, -0.05) is 18.2 Å². The van der Waals surface area contributed by atoms with E-state index in [1.807, 2.05) is 0 Å². The van der Waals surface area contributed by atoms with Crippen LogP contribution in [0, 0.1) is 5.82 Å². The Bertz CT molecular complexity index is 1270. The Morgan fingerprint density at radius 1 is 0.970 bits per heavy atom. The van der Waals surface area contributed by atoms with Gasteiger partial charge < -0.3 is 14.6 Å². The summed E-state index contributed by atoms with van der Waals surface area (Å²) < 4.78 is 24.8. The first-order chi connectivity index (χ1) is 15.9. The minimum Gasteiger partial charge on any atom is -0.507 e. The van der Waals surface area contributed by atoms with Crippen LogP contribution in [0.1, 0.15) is 17.2 Å². The molecular weight excluding hydrogens is 493 g/mol. The first-order valence-electron chi connectivity index (χ1n) is 9.90. The highest BCUT2D eigenvalue weighted by atomic mass is 79.9. The van der Waals surface area contributed by atoms with Gasteiger partial charge in [-0.25, -0.2) is 4.39 Å². The lowest BCUT2D eigenvalue weighted by Crippen LogP contribution is -2.29. The summed E-state index contributed by atoms with van der Waals surface area (Å²) in [6.07, 6.45) is 0. The average molecular weight is 512 g/mol. The van der Waals surface area contributed by atoms with Gasteiger partial charge in [-0.15, -0.1) is 0 Å². The number of ether oxygens (including phenoxy) is 2. The van der Waals surface area contributed by atoms with E-state index in [1.54, 1.807) is 42.5 Å². The molecule has 8 heteroatoms. The highest BCUT2D eigenvalue weighted by Gasteiger charge is 2.47. The van der Waals surface area contributed by atoms with E-state index in [1.165, 1.54) is 43.4 Å². The molecule has 33 heavy (non-hydrogen) atoms. The van der Waals surface area contributed by atoms with Crippen LogP contribution in [0.4, 0.5) is 10.1 Å². The number of halogens is 2. The van der Waals surface area contributed by atoms with Crippen molar-refractivity contribution >= 4 is 39.1 Å². The Balaban J connectivity index is 1.97. The van der Waals surface area contributed by atoms with Crippen LogP contribution in [-0.4, -0.2) is 31.0 Å². The van der Waals surface area contributed by atoms with Gasteiger partial charge in [0, 0.05) is 16.8 Å². The van der Waals surface area contributed by atoms with E-state index in [2.05, 4.69) is 15.9 Å². The van der Waals surface area contributed by atoms with Gasteiger partial charge in [-0.2, -0.15) is 0 Å². The number of amides is 1. The Hall–Kier alpha value is -3.65. The van der Waals surface area contributed by atoms with Crippen molar-refractivity contribution in [2.75, 3.05) is 19.1 Å². The van der Waals surface area contributed by atoms with Crippen molar-refractivity contribution in [3.8, 4) is 11.5 Å². The van der Waals surface area contributed by atoms with Gasteiger partial charge in [0.2, 0.25) is 0 Å². The molecule has 0 aliphatic carbocycles. The summed E-state index contributed by atoms with van der Waals surface area (Å²) in [6, 6.07) is 16.0. The number of aliphatic hydroxyl groups excluding tert-OH is 1. The van der Waals surface area contributed by atoms with Crippen molar-refractivity contribution in [3.05, 3.63) is 93.7 Å². The summed E-state index contributed by atoms with van der Waals surface area (Å²) in [5, 5.41) is 11.2. The lowest BCUT2D eigenvalue weighted by Gasteiger charge is -2.26. The van der Waals surface area contributed by atoms with Gasteiger partial charge in [-0.05, 0) is 64.5 Å². The first-order valence-corrected chi connectivity index (χ1v) is 10.7. The molecule has 168 valence electrons. The minimum absolute atomic E-state index is 0.106. The fraction of sp³-hybridized carbons (Fsp3) is 0.120. The van der Waals surface area contributed by atoms with Crippen LogP contribution in [0.25, 0.3) is 5.76 Å². The smallest absolute Gasteiger partial charge is 0.300 e. The lowest BCUT2D eigenvalue weighted by atomic mass is 9.94. The van der Waals surface area contributed by atoms with E-state index in [4.69, 9.17) is 9.47 Å². The molecule has 1 amide bonds. The summed E-state index contributed by atoms with van der Waals surface area (Å²) in [4.78, 5) is 27.6. The molecule has 1 aliphatic heterocycles.